The molecule has 0 bridgehead atoms. The van der Waals surface area contributed by atoms with E-state index in [-0.39, 0.29) is 23.1 Å². The van der Waals surface area contributed by atoms with Gasteiger partial charge in [-0.3, -0.25) is 14.5 Å². The van der Waals surface area contributed by atoms with E-state index in [1.54, 1.807) is 11.8 Å². The lowest BCUT2D eigenvalue weighted by Gasteiger charge is -2.26. The summed E-state index contributed by atoms with van der Waals surface area (Å²) in [6, 6.07) is 15.5. The quantitative estimate of drug-likeness (QED) is 0.729. The van der Waals surface area contributed by atoms with Crippen molar-refractivity contribution in [2.24, 2.45) is 5.92 Å². The highest BCUT2D eigenvalue weighted by Crippen LogP contribution is 2.45. The molecule has 2 amide bonds. The standard InChI is InChI=1S/C23H26N2O3S/c1-2-28-20-13-6-5-12-19(20)25-21(26)15-29-23(25)17-10-7-11-18(14-17)24-22(27)16-8-3-4-9-16/h5-7,10-14,16,23H,2-4,8-9,15H2,1H3,(H,24,27)/t23-/m0/s1. The number of nitrogens with zero attached hydrogens (tertiary/aromatic N) is 1. The molecule has 1 heterocycles. The average molecular weight is 411 g/mol. The van der Waals surface area contributed by atoms with Crippen LogP contribution in [-0.4, -0.2) is 24.2 Å². The molecule has 29 heavy (non-hydrogen) atoms. The Morgan fingerprint density at radius 1 is 1.17 bits per heavy atom. The largest absolute Gasteiger partial charge is 0.492 e. The van der Waals surface area contributed by atoms with Gasteiger partial charge in [0.2, 0.25) is 11.8 Å². The fourth-order valence-electron chi connectivity index (χ4n) is 4.07. The smallest absolute Gasteiger partial charge is 0.238 e. The van der Waals surface area contributed by atoms with Gasteiger partial charge in [-0.15, -0.1) is 11.8 Å². The van der Waals surface area contributed by atoms with Gasteiger partial charge < -0.3 is 10.1 Å². The number of carbonyl (C=O) groups is 2. The summed E-state index contributed by atoms with van der Waals surface area (Å²) >= 11 is 1.59. The van der Waals surface area contributed by atoms with Crippen LogP contribution in [0.3, 0.4) is 0 Å². The summed E-state index contributed by atoms with van der Waals surface area (Å²) in [7, 11) is 0. The number of thioether (sulfide) groups is 1. The van der Waals surface area contributed by atoms with E-state index in [9.17, 15) is 9.59 Å². The van der Waals surface area contributed by atoms with Crippen molar-refractivity contribution in [1.82, 2.24) is 0 Å². The molecule has 1 N–H and O–H groups in total. The highest BCUT2D eigenvalue weighted by atomic mass is 32.2. The van der Waals surface area contributed by atoms with Crippen molar-refractivity contribution in [1.29, 1.82) is 0 Å². The molecule has 5 nitrogen and oxygen atoms in total. The lowest BCUT2D eigenvalue weighted by molar-refractivity contribution is -0.119. The summed E-state index contributed by atoms with van der Waals surface area (Å²) in [5.74, 6) is 1.42. The van der Waals surface area contributed by atoms with Gasteiger partial charge in [0.05, 0.1) is 18.0 Å². The summed E-state index contributed by atoms with van der Waals surface area (Å²) in [5.41, 5.74) is 2.57. The molecule has 0 aromatic heterocycles. The van der Waals surface area contributed by atoms with Crippen LogP contribution in [0.15, 0.2) is 48.5 Å². The number of amides is 2. The van der Waals surface area contributed by atoms with Crippen LogP contribution in [0.1, 0.15) is 43.5 Å². The Hall–Kier alpha value is -2.47. The van der Waals surface area contributed by atoms with Gasteiger partial charge in [-0.25, -0.2) is 0 Å². The number of nitrogens with one attached hydrogen (secondary N) is 1. The maximum absolute atomic E-state index is 12.7. The van der Waals surface area contributed by atoms with E-state index >= 15 is 0 Å². The molecule has 1 aliphatic heterocycles. The molecule has 2 aromatic rings. The third-order valence-corrected chi connectivity index (χ3v) is 6.67. The predicted molar refractivity (Wildman–Crippen MR) is 117 cm³/mol. The zero-order valence-electron chi connectivity index (χ0n) is 16.6. The van der Waals surface area contributed by atoms with Gasteiger partial charge in [-0.05, 0) is 49.6 Å². The Bertz CT molecular complexity index is 895. The molecule has 1 saturated carbocycles. The Morgan fingerprint density at radius 3 is 2.76 bits per heavy atom. The Balaban J connectivity index is 1.58. The van der Waals surface area contributed by atoms with Gasteiger partial charge in [-0.2, -0.15) is 0 Å². The fourth-order valence-corrected chi connectivity index (χ4v) is 5.23. The fraction of sp³-hybridized carbons (Fsp3) is 0.391. The normalized spacial score (nSPS) is 19.6. The summed E-state index contributed by atoms with van der Waals surface area (Å²) < 4.78 is 5.76. The third kappa shape index (κ3) is 4.27. The summed E-state index contributed by atoms with van der Waals surface area (Å²) in [6.07, 6.45) is 4.21. The van der Waals surface area contributed by atoms with Gasteiger partial charge in [-0.1, -0.05) is 37.1 Å². The number of para-hydroxylation sites is 2. The second kappa shape index (κ2) is 8.91. The molecule has 1 aliphatic carbocycles. The summed E-state index contributed by atoms with van der Waals surface area (Å²) in [6.45, 7) is 2.48. The van der Waals surface area contributed by atoms with Crippen molar-refractivity contribution in [2.75, 3.05) is 22.6 Å². The minimum absolute atomic E-state index is 0.0625. The maximum Gasteiger partial charge on any atom is 0.238 e. The first-order valence-electron chi connectivity index (χ1n) is 10.2. The van der Waals surface area contributed by atoms with Crippen LogP contribution in [0, 0.1) is 5.92 Å². The molecule has 2 aliphatic rings. The van der Waals surface area contributed by atoms with E-state index in [4.69, 9.17) is 4.74 Å². The van der Waals surface area contributed by atoms with Crippen LogP contribution in [-0.2, 0) is 9.59 Å². The molecule has 1 saturated heterocycles. The SMILES string of the molecule is CCOc1ccccc1N1C(=O)CS[C@H]1c1cccc(NC(=O)C2CCCC2)c1. The molecular weight excluding hydrogens is 384 g/mol. The molecule has 152 valence electrons. The topological polar surface area (TPSA) is 58.6 Å². The molecule has 0 spiro atoms. The van der Waals surface area contributed by atoms with Crippen LogP contribution >= 0.6 is 11.8 Å². The minimum atomic E-state index is -0.146. The van der Waals surface area contributed by atoms with E-state index in [1.165, 1.54) is 0 Å². The van der Waals surface area contributed by atoms with Crippen molar-refractivity contribution >= 4 is 35.0 Å². The number of benzene rings is 2. The van der Waals surface area contributed by atoms with E-state index in [0.717, 1.165) is 42.6 Å². The Kier molecular flexibility index (Phi) is 6.09. The first-order valence-corrected chi connectivity index (χ1v) is 11.3. The van der Waals surface area contributed by atoms with Crippen LogP contribution in [0.2, 0.25) is 0 Å². The van der Waals surface area contributed by atoms with Gasteiger partial charge in [0.1, 0.15) is 11.1 Å². The second-order valence-electron chi connectivity index (χ2n) is 7.42. The van der Waals surface area contributed by atoms with Crippen molar-refractivity contribution in [3.05, 3.63) is 54.1 Å². The maximum atomic E-state index is 12.7. The van der Waals surface area contributed by atoms with Crippen LogP contribution in [0.4, 0.5) is 11.4 Å². The Labute approximate surface area is 175 Å². The molecular formula is C23H26N2O3S. The van der Waals surface area contributed by atoms with E-state index in [2.05, 4.69) is 5.32 Å². The van der Waals surface area contributed by atoms with E-state index in [1.807, 2.05) is 60.4 Å². The molecule has 6 heteroatoms. The van der Waals surface area contributed by atoms with Crippen molar-refractivity contribution in [3.63, 3.8) is 0 Å². The van der Waals surface area contributed by atoms with Gasteiger partial charge >= 0.3 is 0 Å². The number of hydrogen-bond donors (Lipinski definition) is 1. The van der Waals surface area contributed by atoms with Crippen LogP contribution in [0.5, 0.6) is 5.75 Å². The number of hydrogen-bond acceptors (Lipinski definition) is 4. The lowest BCUT2D eigenvalue weighted by atomic mass is 10.1. The summed E-state index contributed by atoms with van der Waals surface area (Å²) in [4.78, 5) is 27.0. The van der Waals surface area contributed by atoms with E-state index < -0.39 is 0 Å². The van der Waals surface area contributed by atoms with Crippen molar-refractivity contribution < 1.29 is 14.3 Å². The zero-order chi connectivity index (χ0) is 20.2. The monoisotopic (exact) mass is 410 g/mol. The lowest BCUT2D eigenvalue weighted by Crippen LogP contribution is -2.28. The predicted octanol–water partition coefficient (Wildman–Crippen LogP) is 4.99. The number of carbonyl (C=O) groups excluding carboxylic acids is 2. The Morgan fingerprint density at radius 2 is 1.97 bits per heavy atom. The number of ether oxygens (including phenoxy) is 1. The average Bonchev–Trinajstić information content (AvgIpc) is 3.39. The van der Waals surface area contributed by atoms with Crippen molar-refractivity contribution in [3.8, 4) is 5.75 Å². The van der Waals surface area contributed by atoms with Crippen LogP contribution < -0.4 is 15.0 Å². The van der Waals surface area contributed by atoms with Gasteiger partial charge in [0, 0.05) is 11.6 Å². The highest BCUT2D eigenvalue weighted by Gasteiger charge is 2.35. The molecule has 1 atom stereocenters. The second-order valence-corrected chi connectivity index (χ2v) is 8.49. The number of anilines is 2. The summed E-state index contributed by atoms with van der Waals surface area (Å²) in [5, 5.41) is 2.92. The first kappa shape index (κ1) is 19.8. The molecule has 2 aromatic carbocycles. The van der Waals surface area contributed by atoms with Crippen molar-refractivity contribution in [2.45, 2.75) is 38.0 Å². The van der Waals surface area contributed by atoms with E-state index in [0.29, 0.717) is 18.1 Å². The molecule has 0 radical (unpaired) electrons. The molecule has 4 rings (SSSR count). The molecule has 0 unspecified atom stereocenters. The minimum Gasteiger partial charge on any atom is -0.492 e. The van der Waals surface area contributed by atoms with Gasteiger partial charge in [0.15, 0.2) is 0 Å². The zero-order valence-corrected chi connectivity index (χ0v) is 17.4. The highest BCUT2D eigenvalue weighted by molar-refractivity contribution is 8.00. The third-order valence-electron chi connectivity index (χ3n) is 5.46. The first-order chi connectivity index (χ1) is 14.2. The number of rotatable bonds is 6. The van der Waals surface area contributed by atoms with Crippen LogP contribution in [0.25, 0.3) is 0 Å². The van der Waals surface area contributed by atoms with Gasteiger partial charge in [0.25, 0.3) is 0 Å². The molecule has 2 fully saturated rings.